The van der Waals surface area contributed by atoms with E-state index in [2.05, 4.69) is 20.5 Å². The minimum atomic E-state index is -0.820. The first kappa shape index (κ1) is 18.5. The number of hydrogen-bond acceptors (Lipinski definition) is 7. The van der Waals surface area contributed by atoms with Gasteiger partial charge < -0.3 is 15.2 Å². The molecule has 1 unspecified atom stereocenters. The molecule has 9 heteroatoms. The lowest BCUT2D eigenvalue weighted by molar-refractivity contribution is 0.288. The molecule has 2 rings (SSSR count). The fraction of sp³-hybridized carbons (Fsp3) is 0.500. The van der Waals surface area contributed by atoms with Crippen LogP contribution in [-0.2, 0) is 11.1 Å². The van der Waals surface area contributed by atoms with Crippen LogP contribution < -0.4 is 4.74 Å². The van der Waals surface area contributed by atoms with E-state index in [-0.39, 0.29) is 6.42 Å². The number of oxime groups is 2. The Kier molecular flexibility index (Phi) is 5.15. The second-order valence-corrected chi connectivity index (χ2v) is 6.59. The van der Waals surface area contributed by atoms with E-state index < -0.39 is 11.1 Å². The maximum atomic E-state index is 9.65. The van der Waals surface area contributed by atoms with Crippen molar-refractivity contribution in [1.29, 1.82) is 0 Å². The van der Waals surface area contributed by atoms with E-state index in [0.717, 1.165) is 5.69 Å². The average Bonchev–Trinajstić information content (AvgIpc) is 3.22. The Labute approximate surface area is 146 Å². The van der Waals surface area contributed by atoms with E-state index in [1.807, 2.05) is 33.8 Å². The largest absolute Gasteiger partial charge is 0.480 e. The van der Waals surface area contributed by atoms with Crippen LogP contribution in [0.2, 0.25) is 0 Å². The second kappa shape index (κ2) is 6.96. The molecule has 2 aromatic rings. The fourth-order valence-electron chi connectivity index (χ4n) is 2.58. The van der Waals surface area contributed by atoms with Crippen LogP contribution >= 0.6 is 0 Å². The van der Waals surface area contributed by atoms with E-state index in [1.165, 1.54) is 13.3 Å². The molecule has 0 spiro atoms. The van der Waals surface area contributed by atoms with Gasteiger partial charge in [0.15, 0.2) is 0 Å². The van der Waals surface area contributed by atoms with E-state index in [9.17, 15) is 5.21 Å². The lowest BCUT2D eigenvalue weighted by Gasteiger charge is -2.32. The normalized spacial score (nSPS) is 15.5. The highest BCUT2D eigenvalue weighted by Gasteiger charge is 2.37. The van der Waals surface area contributed by atoms with Crippen molar-refractivity contribution < 1.29 is 15.2 Å². The lowest BCUT2D eigenvalue weighted by atomic mass is 9.87. The molecule has 0 aliphatic carbocycles. The van der Waals surface area contributed by atoms with Crippen molar-refractivity contribution in [2.24, 2.45) is 10.3 Å². The van der Waals surface area contributed by atoms with Crippen LogP contribution in [0, 0.1) is 6.92 Å². The van der Waals surface area contributed by atoms with Gasteiger partial charge in [-0.1, -0.05) is 10.3 Å². The van der Waals surface area contributed by atoms with Crippen molar-refractivity contribution in [2.45, 2.75) is 45.2 Å². The van der Waals surface area contributed by atoms with Gasteiger partial charge in [0.1, 0.15) is 5.54 Å². The highest BCUT2D eigenvalue weighted by atomic mass is 16.5. The summed E-state index contributed by atoms with van der Waals surface area (Å²) in [5.74, 6) is 0.466. The Balaban J connectivity index is 2.38. The molecule has 0 aliphatic heterocycles. The first-order valence-electron chi connectivity index (χ1n) is 7.79. The number of nitrogens with zero attached hydrogens (tertiary/aromatic N) is 6. The third-order valence-corrected chi connectivity index (χ3v) is 4.28. The monoisotopic (exact) mass is 348 g/mol. The van der Waals surface area contributed by atoms with Crippen LogP contribution in [-0.4, -0.2) is 49.0 Å². The Hall–Kier alpha value is -2.84. The van der Waals surface area contributed by atoms with Crippen LogP contribution in [0.25, 0.3) is 0 Å². The van der Waals surface area contributed by atoms with Crippen molar-refractivity contribution in [2.75, 3.05) is 7.11 Å². The summed E-state index contributed by atoms with van der Waals surface area (Å²) in [6.07, 6.45) is 5.16. The van der Waals surface area contributed by atoms with Crippen molar-refractivity contribution in [3.05, 3.63) is 30.2 Å². The standard InChI is InChI=1S/C16H24N6O3/c1-12-6-8-22(18-12)16(4,11-17-23)10-13(20-24)15(2,3)21-9-7-14(19-21)25-5/h6-9,11,23-24H,10H2,1-5H3. The van der Waals surface area contributed by atoms with E-state index >= 15 is 0 Å². The molecule has 2 N–H and O–H groups in total. The molecule has 0 bridgehead atoms. The zero-order valence-corrected chi connectivity index (χ0v) is 15.1. The molecule has 0 aromatic carbocycles. The van der Waals surface area contributed by atoms with Gasteiger partial charge >= 0.3 is 0 Å². The van der Waals surface area contributed by atoms with Crippen molar-refractivity contribution in [1.82, 2.24) is 19.6 Å². The molecule has 0 aliphatic rings. The summed E-state index contributed by atoms with van der Waals surface area (Å²) >= 11 is 0. The molecule has 0 saturated carbocycles. The van der Waals surface area contributed by atoms with Gasteiger partial charge in [0.2, 0.25) is 5.88 Å². The third kappa shape index (κ3) is 3.65. The molecule has 0 radical (unpaired) electrons. The number of aromatic nitrogens is 4. The molecule has 1 atom stereocenters. The molecule has 0 saturated heterocycles. The molecule has 0 amide bonds. The number of ether oxygens (including phenoxy) is 1. The van der Waals surface area contributed by atoms with Crippen LogP contribution in [0.3, 0.4) is 0 Å². The summed E-state index contributed by atoms with van der Waals surface area (Å²) in [5, 5.41) is 34.2. The van der Waals surface area contributed by atoms with Gasteiger partial charge in [-0.25, -0.2) is 0 Å². The Bertz CT molecular complexity index is 776. The Morgan fingerprint density at radius 3 is 2.36 bits per heavy atom. The minimum Gasteiger partial charge on any atom is -0.480 e. The summed E-state index contributed by atoms with van der Waals surface area (Å²) in [5.41, 5.74) is -0.290. The van der Waals surface area contributed by atoms with Crippen molar-refractivity contribution in [3.63, 3.8) is 0 Å². The predicted octanol–water partition coefficient (Wildman–Crippen LogP) is 2.23. The summed E-state index contributed by atoms with van der Waals surface area (Å²) in [4.78, 5) is 0. The van der Waals surface area contributed by atoms with Gasteiger partial charge in [-0.3, -0.25) is 9.36 Å². The first-order chi connectivity index (χ1) is 11.8. The zero-order chi connectivity index (χ0) is 18.7. The first-order valence-corrected chi connectivity index (χ1v) is 7.79. The smallest absolute Gasteiger partial charge is 0.232 e. The minimum absolute atomic E-state index is 0.254. The van der Waals surface area contributed by atoms with Crippen LogP contribution in [0.4, 0.5) is 0 Å². The van der Waals surface area contributed by atoms with Gasteiger partial charge in [0, 0.05) is 24.9 Å². The van der Waals surface area contributed by atoms with Crippen LogP contribution in [0.1, 0.15) is 32.9 Å². The van der Waals surface area contributed by atoms with Crippen molar-refractivity contribution in [3.8, 4) is 5.88 Å². The lowest BCUT2D eigenvalue weighted by Crippen LogP contribution is -2.43. The van der Waals surface area contributed by atoms with E-state index in [1.54, 1.807) is 27.8 Å². The Morgan fingerprint density at radius 2 is 1.88 bits per heavy atom. The van der Waals surface area contributed by atoms with Crippen LogP contribution in [0.15, 0.2) is 34.8 Å². The Morgan fingerprint density at radius 1 is 1.20 bits per heavy atom. The number of hydrogen-bond donors (Lipinski definition) is 2. The molecule has 25 heavy (non-hydrogen) atoms. The number of aryl methyl sites for hydroxylation is 1. The quantitative estimate of drug-likeness (QED) is 0.453. The number of methoxy groups -OCH3 is 1. The molecule has 2 aromatic heterocycles. The van der Waals surface area contributed by atoms with Crippen LogP contribution in [0.5, 0.6) is 5.88 Å². The summed E-state index contributed by atoms with van der Waals surface area (Å²) in [6.45, 7) is 7.46. The molecular weight excluding hydrogens is 324 g/mol. The average molecular weight is 348 g/mol. The molecule has 0 fully saturated rings. The SMILES string of the molecule is COc1ccn(C(C)(C)C(CC(C)(C=NO)n2ccc(C)n2)=NO)n1. The van der Waals surface area contributed by atoms with Gasteiger partial charge in [-0.2, -0.15) is 5.10 Å². The summed E-state index contributed by atoms with van der Waals surface area (Å²) < 4.78 is 8.44. The van der Waals surface area contributed by atoms with Gasteiger partial charge in [-0.15, -0.1) is 5.10 Å². The summed E-state index contributed by atoms with van der Waals surface area (Å²) in [6, 6.07) is 3.57. The second-order valence-electron chi connectivity index (χ2n) is 6.59. The highest BCUT2D eigenvalue weighted by molar-refractivity contribution is 5.93. The molecule has 2 heterocycles. The summed E-state index contributed by atoms with van der Waals surface area (Å²) in [7, 11) is 1.54. The molecule has 9 nitrogen and oxygen atoms in total. The van der Waals surface area contributed by atoms with Gasteiger partial charge in [0.05, 0.1) is 30.3 Å². The molecule has 136 valence electrons. The van der Waals surface area contributed by atoms with E-state index in [0.29, 0.717) is 11.6 Å². The fourth-order valence-corrected chi connectivity index (χ4v) is 2.58. The van der Waals surface area contributed by atoms with Gasteiger partial charge in [0.25, 0.3) is 0 Å². The zero-order valence-electron chi connectivity index (χ0n) is 15.1. The number of rotatable bonds is 7. The third-order valence-electron chi connectivity index (χ3n) is 4.28. The highest BCUT2D eigenvalue weighted by Crippen LogP contribution is 2.27. The van der Waals surface area contributed by atoms with Crippen molar-refractivity contribution >= 4 is 11.9 Å². The van der Waals surface area contributed by atoms with Gasteiger partial charge in [-0.05, 0) is 33.8 Å². The topological polar surface area (TPSA) is 110 Å². The maximum Gasteiger partial charge on any atom is 0.232 e. The maximum absolute atomic E-state index is 9.65. The van der Waals surface area contributed by atoms with E-state index in [4.69, 9.17) is 9.94 Å². The predicted molar refractivity (Wildman–Crippen MR) is 92.8 cm³/mol. The molecular formula is C16H24N6O3.